The molecule has 0 aliphatic rings. The van der Waals surface area contributed by atoms with Crippen molar-refractivity contribution in [1.82, 2.24) is 0 Å². The van der Waals surface area contributed by atoms with E-state index in [-0.39, 0.29) is 172 Å². The van der Waals surface area contributed by atoms with E-state index in [1.807, 2.05) is 0 Å². The summed E-state index contributed by atoms with van der Waals surface area (Å²) in [7, 11) is 0. The van der Waals surface area contributed by atoms with E-state index in [2.05, 4.69) is 0 Å². The Bertz CT molecular complexity index is 103. The van der Waals surface area contributed by atoms with Crippen molar-refractivity contribution in [2.45, 2.75) is 0 Å². The molecule has 0 aromatic heterocycles. The first-order chi connectivity index (χ1) is 6.00. The molecule has 0 aliphatic carbocycles. The third-order valence-corrected chi connectivity index (χ3v) is 0. The SMILES string of the molecule is [C-]#N.[C-]#N.[C-]#N.[C-]#N.[C-]#N.[C-]#N.[Cr].[K].[K].[K]. The van der Waals surface area contributed by atoms with Crippen LogP contribution in [0.1, 0.15) is 0 Å². The van der Waals surface area contributed by atoms with E-state index in [4.69, 9.17) is 71.0 Å². The molecular weight excluding hydrogens is 325 g/mol. The van der Waals surface area contributed by atoms with E-state index < -0.39 is 0 Å². The summed E-state index contributed by atoms with van der Waals surface area (Å²) in [5.74, 6) is 0. The Labute approximate surface area is 236 Å². The van der Waals surface area contributed by atoms with E-state index in [0.29, 0.717) is 0 Å². The van der Waals surface area contributed by atoms with Crippen LogP contribution in [-0.4, -0.2) is 154 Å². The van der Waals surface area contributed by atoms with Gasteiger partial charge in [0.1, 0.15) is 0 Å². The van der Waals surface area contributed by atoms with E-state index in [1.54, 1.807) is 0 Å². The van der Waals surface area contributed by atoms with E-state index in [0.717, 1.165) is 0 Å². The minimum atomic E-state index is 0. The van der Waals surface area contributed by atoms with Crippen molar-refractivity contribution in [3.05, 3.63) is 39.4 Å². The van der Waals surface area contributed by atoms with Crippen molar-refractivity contribution in [2.24, 2.45) is 0 Å². The van der Waals surface area contributed by atoms with Gasteiger partial charge in [-0.25, -0.2) is 0 Å². The predicted molar refractivity (Wildman–Crippen MR) is 47.1 cm³/mol. The molecule has 0 aromatic carbocycles. The zero-order chi connectivity index (χ0) is 12.0. The van der Waals surface area contributed by atoms with Gasteiger partial charge in [-0.15, -0.1) is 0 Å². The maximum absolute atomic E-state index is 6.25. The zero-order valence-corrected chi connectivity index (χ0v) is 19.7. The maximum Gasteiger partial charge on any atom is 0 e. The average molecular weight is 325 g/mol. The van der Waals surface area contributed by atoms with Gasteiger partial charge in [-0.2, -0.15) is 0 Å². The van der Waals surface area contributed by atoms with Crippen molar-refractivity contribution in [1.29, 1.82) is 31.6 Å². The fraction of sp³-hybridized carbons (Fsp3) is 0. The number of hydrogen-bond acceptors (Lipinski definition) is 6. The molecule has 0 heterocycles. The molecule has 3 radical (unpaired) electrons. The van der Waals surface area contributed by atoms with Crippen LogP contribution in [0.15, 0.2) is 0 Å². The molecule has 0 unspecified atom stereocenters. The van der Waals surface area contributed by atoms with Crippen molar-refractivity contribution in [3.63, 3.8) is 0 Å². The second-order valence-corrected chi connectivity index (χ2v) is 0. The summed E-state index contributed by atoms with van der Waals surface area (Å²) in [6.07, 6.45) is 0. The number of nitrogens with zero attached hydrogens (tertiary/aromatic N) is 6. The van der Waals surface area contributed by atoms with Gasteiger partial charge < -0.3 is 71.0 Å². The van der Waals surface area contributed by atoms with Crippen LogP contribution in [0.3, 0.4) is 0 Å². The minimum Gasteiger partial charge on any atom is -0.512 e. The van der Waals surface area contributed by atoms with Crippen molar-refractivity contribution in [3.8, 4) is 0 Å². The third-order valence-electron chi connectivity index (χ3n) is 0. The summed E-state index contributed by atoms with van der Waals surface area (Å²) < 4.78 is 0. The molecule has 0 fully saturated rings. The molecule has 0 aliphatic heterocycles. The molecule has 0 saturated heterocycles. The summed E-state index contributed by atoms with van der Waals surface area (Å²) in [5, 5.41) is 37.5. The molecule has 0 aromatic rings. The average Bonchev–Trinajstić information content (AvgIpc) is 2.33. The standard InChI is InChI=1S/6CN.Cr.3K/c6*1-2;;;;/q6*-1;;;;. The molecule has 16 heavy (non-hydrogen) atoms. The number of rotatable bonds is 0. The normalized spacial score (nSPS) is 0.750. The Morgan fingerprint density at radius 1 is 0.312 bits per heavy atom. The Morgan fingerprint density at radius 3 is 0.312 bits per heavy atom. The van der Waals surface area contributed by atoms with Gasteiger partial charge >= 0.3 is 0 Å². The summed E-state index contributed by atoms with van der Waals surface area (Å²) >= 11 is 0. The molecular formula is C6CrK3N6-6. The van der Waals surface area contributed by atoms with Crippen LogP contribution in [-0.2, 0) is 17.4 Å². The van der Waals surface area contributed by atoms with E-state index >= 15 is 0 Å². The van der Waals surface area contributed by atoms with Gasteiger partial charge in [-0.3, -0.25) is 0 Å². The largest absolute Gasteiger partial charge is 0.512 e. The fourth-order valence-corrected chi connectivity index (χ4v) is 0. The molecule has 0 rings (SSSR count). The monoisotopic (exact) mass is 325 g/mol. The predicted octanol–water partition coefficient (Wildman–Crippen LogP) is -0.567. The molecule has 10 heteroatoms. The first-order valence-corrected chi connectivity index (χ1v) is 1.34. The van der Waals surface area contributed by atoms with Gasteiger partial charge in [0.25, 0.3) is 0 Å². The van der Waals surface area contributed by atoms with Gasteiger partial charge in [0.15, 0.2) is 0 Å². The summed E-state index contributed by atoms with van der Waals surface area (Å²) in [4.78, 5) is 0. The third kappa shape index (κ3) is 683. The second kappa shape index (κ2) is 822. The molecule has 69 valence electrons. The topological polar surface area (TPSA) is 143 Å². The van der Waals surface area contributed by atoms with Crippen LogP contribution in [0.4, 0.5) is 0 Å². The summed E-state index contributed by atoms with van der Waals surface area (Å²) in [6, 6.07) is 0. The van der Waals surface area contributed by atoms with Crippen LogP contribution in [0.5, 0.6) is 0 Å². The Hall–Kier alpha value is 2.38. The number of hydrogen-bond donors (Lipinski definition) is 0. The smallest absolute Gasteiger partial charge is 0 e. The molecule has 0 N–H and O–H groups in total. The van der Waals surface area contributed by atoms with Crippen LogP contribution < -0.4 is 0 Å². The van der Waals surface area contributed by atoms with Crippen LogP contribution >= 0.6 is 0 Å². The Balaban J connectivity index is -0.00000000321. The van der Waals surface area contributed by atoms with Crippen LogP contribution in [0, 0.1) is 71.0 Å². The molecule has 0 atom stereocenters. The molecule has 6 nitrogen and oxygen atoms in total. The van der Waals surface area contributed by atoms with Gasteiger partial charge in [-0.05, 0) is 0 Å². The molecule has 0 spiro atoms. The van der Waals surface area contributed by atoms with Crippen molar-refractivity contribution < 1.29 is 17.4 Å². The molecule has 0 bridgehead atoms. The fourth-order valence-electron chi connectivity index (χ4n) is 0. The summed E-state index contributed by atoms with van der Waals surface area (Å²) in [5.41, 5.74) is 0. The minimum absolute atomic E-state index is 0. The first-order valence-electron chi connectivity index (χ1n) is 1.34. The first kappa shape index (κ1) is 79.1. The summed E-state index contributed by atoms with van der Waals surface area (Å²) in [6.45, 7) is 28.5. The quantitative estimate of drug-likeness (QED) is 0.431. The van der Waals surface area contributed by atoms with Crippen LogP contribution in [0.2, 0.25) is 0 Å². The van der Waals surface area contributed by atoms with Crippen LogP contribution in [0.25, 0.3) is 0 Å². The van der Waals surface area contributed by atoms with Gasteiger partial charge in [-0.1, -0.05) is 0 Å². The maximum atomic E-state index is 6.25. The Morgan fingerprint density at radius 2 is 0.312 bits per heavy atom. The Kier molecular flexibility index (Phi) is 4060. The van der Waals surface area contributed by atoms with Crippen molar-refractivity contribution >= 4 is 154 Å². The second-order valence-electron chi connectivity index (χ2n) is 0. The van der Waals surface area contributed by atoms with Crippen molar-refractivity contribution in [2.75, 3.05) is 0 Å². The van der Waals surface area contributed by atoms with Gasteiger partial charge in [0, 0.05) is 172 Å². The van der Waals surface area contributed by atoms with E-state index in [1.165, 1.54) is 0 Å². The molecule has 0 saturated carbocycles. The zero-order valence-electron chi connectivity index (χ0n) is 9.09. The van der Waals surface area contributed by atoms with Gasteiger partial charge in [0.05, 0.1) is 0 Å². The molecule has 0 amide bonds. The van der Waals surface area contributed by atoms with Gasteiger partial charge in [0.2, 0.25) is 0 Å². The van der Waals surface area contributed by atoms with E-state index in [9.17, 15) is 0 Å².